The first-order chi connectivity index (χ1) is 7.71. The molecule has 0 aliphatic rings. The Balaban J connectivity index is 2.70. The van der Waals surface area contributed by atoms with Gasteiger partial charge in [-0.15, -0.1) is 0 Å². The minimum atomic E-state index is -3.41. The molecule has 0 spiro atoms. The van der Waals surface area contributed by atoms with Crippen LogP contribution in [0.4, 0.5) is 4.39 Å². The van der Waals surface area contributed by atoms with Crippen molar-refractivity contribution in [2.75, 3.05) is 12.3 Å². The molecule has 1 rings (SSSR count). The quantitative estimate of drug-likeness (QED) is 0.899. The van der Waals surface area contributed by atoms with Crippen molar-refractivity contribution in [1.29, 1.82) is 0 Å². The monoisotopic (exact) mass is 259 g/mol. The molecule has 0 heterocycles. The zero-order valence-corrected chi connectivity index (χ0v) is 11.1. The van der Waals surface area contributed by atoms with Gasteiger partial charge in [0.15, 0.2) is 9.84 Å². The van der Waals surface area contributed by atoms with Gasteiger partial charge in [-0.3, -0.25) is 0 Å². The van der Waals surface area contributed by atoms with E-state index < -0.39 is 15.7 Å². The minimum Gasteiger partial charge on any atom is -0.311 e. The van der Waals surface area contributed by atoms with Crippen LogP contribution in [-0.4, -0.2) is 26.3 Å². The van der Waals surface area contributed by atoms with Crippen LogP contribution in [0.5, 0.6) is 0 Å². The smallest absolute Gasteiger partial charge is 0.179 e. The predicted octanol–water partition coefficient (Wildman–Crippen LogP) is 1.99. The summed E-state index contributed by atoms with van der Waals surface area (Å²) in [4.78, 5) is 0.0354. The maximum atomic E-state index is 12.9. The van der Waals surface area contributed by atoms with Crippen LogP contribution in [0.15, 0.2) is 29.2 Å². The Bertz CT molecular complexity index is 478. The molecule has 1 N–H and O–H groups in total. The van der Waals surface area contributed by atoms with E-state index in [1.807, 2.05) is 20.8 Å². The summed E-state index contributed by atoms with van der Waals surface area (Å²) >= 11 is 0. The molecule has 1 aromatic carbocycles. The largest absolute Gasteiger partial charge is 0.311 e. The number of rotatable bonds is 4. The molecule has 0 atom stereocenters. The van der Waals surface area contributed by atoms with Gasteiger partial charge in [0.2, 0.25) is 0 Å². The Morgan fingerprint density at radius 3 is 2.47 bits per heavy atom. The summed E-state index contributed by atoms with van der Waals surface area (Å²) in [5, 5.41) is 3.09. The van der Waals surface area contributed by atoms with Gasteiger partial charge in [0.25, 0.3) is 0 Å². The average molecular weight is 259 g/mol. The second-order valence-electron chi connectivity index (χ2n) is 4.95. The van der Waals surface area contributed by atoms with Gasteiger partial charge in [0.05, 0.1) is 10.6 Å². The highest BCUT2D eigenvalue weighted by Gasteiger charge is 2.16. The average Bonchev–Trinajstić information content (AvgIpc) is 2.15. The molecule has 0 fully saturated rings. The lowest BCUT2D eigenvalue weighted by Crippen LogP contribution is -2.38. The fourth-order valence-corrected chi connectivity index (χ4v) is 2.52. The van der Waals surface area contributed by atoms with E-state index in [2.05, 4.69) is 5.32 Å². The number of halogens is 1. The van der Waals surface area contributed by atoms with Crippen molar-refractivity contribution in [2.45, 2.75) is 31.2 Å². The number of hydrogen-bond donors (Lipinski definition) is 1. The molecule has 17 heavy (non-hydrogen) atoms. The van der Waals surface area contributed by atoms with Crippen LogP contribution in [0.1, 0.15) is 20.8 Å². The standard InChI is InChI=1S/C12H18FNO2S/c1-12(2,3)14-7-8-17(15,16)11-6-4-5-10(13)9-11/h4-6,9,14H,7-8H2,1-3H3. The minimum absolute atomic E-state index is 0.0340. The number of nitrogens with one attached hydrogen (secondary N) is 1. The van der Waals surface area contributed by atoms with Crippen molar-refractivity contribution < 1.29 is 12.8 Å². The molecule has 0 radical (unpaired) electrons. The molecule has 96 valence electrons. The van der Waals surface area contributed by atoms with E-state index in [9.17, 15) is 12.8 Å². The highest BCUT2D eigenvalue weighted by atomic mass is 32.2. The predicted molar refractivity (Wildman–Crippen MR) is 66.2 cm³/mol. The van der Waals surface area contributed by atoms with Gasteiger partial charge in [-0.1, -0.05) is 6.07 Å². The summed E-state index contributed by atoms with van der Waals surface area (Å²) < 4.78 is 36.7. The zero-order chi connectivity index (χ0) is 13.1. The van der Waals surface area contributed by atoms with Crippen LogP contribution < -0.4 is 5.32 Å². The van der Waals surface area contributed by atoms with Crippen molar-refractivity contribution in [3.8, 4) is 0 Å². The molecular weight excluding hydrogens is 241 g/mol. The zero-order valence-electron chi connectivity index (χ0n) is 10.3. The van der Waals surface area contributed by atoms with E-state index in [0.717, 1.165) is 6.07 Å². The summed E-state index contributed by atoms with van der Waals surface area (Å²) in [6.45, 7) is 6.23. The number of sulfone groups is 1. The normalized spacial score (nSPS) is 12.7. The van der Waals surface area contributed by atoms with Gasteiger partial charge in [-0.25, -0.2) is 12.8 Å². The van der Waals surface area contributed by atoms with Crippen LogP contribution >= 0.6 is 0 Å². The van der Waals surface area contributed by atoms with E-state index >= 15 is 0 Å². The van der Waals surface area contributed by atoms with Crippen molar-refractivity contribution in [3.05, 3.63) is 30.1 Å². The van der Waals surface area contributed by atoms with Crippen LogP contribution in [0, 0.1) is 5.82 Å². The maximum absolute atomic E-state index is 12.9. The highest BCUT2D eigenvalue weighted by Crippen LogP contribution is 2.12. The van der Waals surface area contributed by atoms with E-state index in [4.69, 9.17) is 0 Å². The second-order valence-corrected chi connectivity index (χ2v) is 7.06. The highest BCUT2D eigenvalue weighted by molar-refractivity contribution is 7.91. The van der Waals surface area contributed by atoms with Crippen LogP contribution in [0.3, 0.4) is 0 Å². The molecular formula is C12H18FNO2S. The Morgan fingerprint density at radius 2 is 1.94 bits per heavy atom. The molecule has 1 aromatic rings. The van der Waals surface area contributed by atoms with Gasteiger partial charge in [0, 0.05) is 12.1 Å². The topological polar surface area (TPSA) is 46.2 Å². The third-order valence-corrected chi connectivity index (χ3v) is 3.90. The van der Waals surface area contributed by atoms with Crippen LogP contribution in [0.25, 0.3) is 0 Å². The fraction of sp³-hybridized carbons (Fsp3) is 0.500. The third kappa shape index (κ3) is 4.83. The van der Waals surface area contributed by atoms with E-state index in [1.54, 1.807) is 0 Å². The lowest BCUT2D eigenvalue weighted by atomic mass is 10.1. The van der Waals surface area contributed by atoms with Gasteiger partial charge >= 0.3 is 0 Å². The van der Waals surface area contributed by atoms with E-state index in [-0.39, 0.29) is 16.2 Å². The molecule has 0 amide bonds. The molecule has 0 aromatic heterocycles. The van der Waals surface area contributed by atoms with Crippen molar-refractivity contribution in [1.82, 2.24) is 5.32 Å². The lowest BCUT2D eigenvalue weighted by molar-refractivity contribution is 0.438. The fourth-order valence-electron chi connectivity index (χ4n) is 1.34. The first-order valence-electron chi connectivity index (χ1n) is 5.44. The maximum Gasteiger partial charge on any atom is 0.179 e. The van der Waals surface area contributed by atoms with Gasteiger partial charge < -0.3 is 5.32 Å². The number of benzene rings is 1. The molecule has 0 bridgehead atoms. The summed E-state index contributed by atoms with van der Waals surface area (Å²) in [6.07, 6.45) is 0. The molecule has 3 nitrogen and oxygen atoms in total. The Hall–Kier alpha value is -0.940. The van der Waals surface area contributed by atoms with Crippen LogP contribution in [0.2, 0.25) is 0 Å². The van der Waals surface area contributed by atoms with Gasteiger partial charge in [-0.05, 0) is 39.0 Å². The number of hydrogen-bond acceptors (Lipinski definition) is 3. The van der Waals surface area contributed by atoms with Gasteiger partial charge in [0.1, 0.15) is 5.82 Å². The molecule has 5 heteroatoms. The Labute approximate surface area is 102 Å². The summed E-state index contributed by atoms with van der Waals surface area (Å²) in [5.74, 6) is -0.567. The Kier molecular flexibility index (Phi) is 4.27. The summed E-state index contributed by atoms with van der Waals surface area (Å²) in [6, 6.07) is 5.09. The van der Waals surface area contributed by atoms with Crippen molar-refractivity contribution >= 4 is 9.84 Å². The lowest BCUT2D eigenvalue weighted by Gasteiger charge is -2.20. The summed E-state index contributed by atoms with van der Waals surface area (Å²) in [7, 11) is -3.41. The molecule has 0 saturated heterocycles. The Morgan fingerprint density at radius 1 is 1.29 bits per heavy atom. The summed E-state index contributed by atoms with van der Waals surface area (Å²) in [5.41, 5.74) is -0.128. The third-order valence-electron chi connectivity index (χ3n) is 2.18. The molecule has 0 unspecified atom stereocenters. The van der Waals surface area contributed by atoms with Crippen molar-refractivity contribution in [3.63, 3.8) is 0 Å². The van der Waals surface area contributed by atoms with E-state index in [1.165, 1.54) is 18.2 Å². The first kappa shape index (κ1) is 14.1. The molecule has 0 saturated carbocycles. The van der Waals surface area contributed by atoms with Crippen LogP contribution in [-0.2, 0) is 9.84 Å². The second kappa shape index (κ2) is 5.14. The SMILES string of the molecule is CC(C)(C)NCCS(=O)(=O)c1cccc(F)c1. The van der Waals surface area contributed by atoms with Crippen molar-refractivity contribution in [2.24, 2.45) is 0 Å². The molecule has 0 aliphatic heterocycles. The van der Waals surface area contributed by atoms with Gasteiger partial charge in [-0.2, -0.15) is 0 Å². The first-order valence-corrected chi connectivity index (χ1v) is 7.09. The molecule has 0 aliphatic carbocycles. The van der Waals surface area contributed by atoms with E-state index in [0.29, 0.717) is 6.54 Å².